The van der Waals surface area contributed by atoms with Gasteiger partial charge in [0.05, 0.1) is 0 Å². The first-order chi connectivity index (χ1) is 9.22. The third kappa shape index (κ3) is 5.19. The van der Waals surface area contributed by atoms with E-state index in [0.29, 0.717) is 0 Å². The minimum atomic E-state index is -0.148. The Bertz CT molecular complexity index is 360. The van der Waals surface area contributed by atoms with Crippen LogP contribution in [0, 0.1) is 5.82 Å². The number of benzene rings is 1. The summed E-state index contributed by atoms with van der Waals surface area (Å²) < 4.78 is 13.4. The molecule has 1 N–H and O–H groups in total. The Balaban J connectivity index is 2.88. The van der Waals surface area contributed by atoms with E-state index in [4.69, 9.17) is 0 Å². The first-order valence-corrected chi connectivity index (χ1v) is 7.47. The third-order valence-corrected chi connectivity index (χ3v) is 3.11. The Morgan fingerprint density at radius 2 is 1.74 bits per heavy atom. The van der Waals surface area contributed by atoms with E-state index in [1.165, 1.54) is 5.69 Å². The van der Waals surface area contributed by atoms with Crippen LogP contribution < -0.4 is 10.2 Å². The molecule has 0 radical (unpaired) electrons. The predicted octanol–water partition coefficient (Wildman–Crippen LogP) is 3.95. The van der Waals surface area contributed by atoms with Crippen LogP contribution in [-0.2, 0) is 6.54 Å². The summed E-state index contributed by atoms with van der Waals surface area (Å²) in [5, 5.41) is 3.36. The van der Waals surface area contributed by atoms with Crippen molar-refractivity contribution < 1.29 is 4.39 Å². The standard InChI is InChI=1S/C16H27FN2/c1-4-9-18-13-14-12-15(17)7-8-16(14)19(10-5-2)11-6-3/h7-8,12,18H,4-6,9-11,13H2,1-3H3. The molecule has 0 amide bonds. The van der Waals surface area contributed by atoms with Gasteiger partial charge >= 0.3 is 0 Å². The monoisotopic (exact) mass is 266 g/mol. The van der Waals surface area contributed by atoms with E-state index in [1.807, 2.05) is 6.07 Å². The van der Waals surface area contributed by atoms with Crippen LogP contribution in [0.1, 0.15) is 45.6 Å². The zero-order valence-electron chi connectivity index (χ0n) is 12.5. The lowest BCUT2D eigenvalue weighted by Gasteiger charge is -2.26. The van der Waals surface area contributed by atoms with E-state index < -0.39 is 0 Å². The molecule has 2 nitrogen and oxygen atoms in total. The zero-order valence-corrected chi connectivity index (χ0v) is 12.5. The lowest BCUT2D eigenvalue weighted by Crippen LogP contribution is -2.27. The van der Waals surface area contributed by atoms with Crippen molar-refractivity contribution in [3.05, 3.63) is 29.6 Å². The van der Waals surface area contributed by atoms with E-state index in [-0.39, 0.29) is 5.82 Å². The molecule has 0 aliphatic rings. The fourth-order valence-corrected chi connectivity index (χ4v) is 2.30. The van der Waals surface area contributed by atoms with Crippen LogP contribution in [-0.4, -0.2) is 19.6 Å². The number of rotatable bonds is 9. The van der Waals surface area contributed by atoms with Gasteiger partial charge in [-0.2, -0.15) is 0 Å². The average Bonchev–Trinajstić information content (AvgIpc) is 2.39. The van der Waals surface area contributed by atoms with Gasteiger partial charge in [-0.05, 0) is 49.6 Å². The van der Waals surface area contributed by atoms with Crippen LogP contribution in [0.5, 0.6) is 0 Å². The molecule has 0 aromatic heterocycles. The molecule has 0 spiro atoms. The summed E-state index contributed by atoms with van der Waals surface area (Å²) >= 11 is 0. The fraction of sp³-hybridized carbons (Fsp3) is 0.625. The van der Waals surface area contributed by atoms with Crippen LogP contribution in [0.4, 0.5) is 10.1 Å². The van der Waals surface area contributed by atoms with Gasteiger partial charge < -0.3 is 10.2 Å². The molecular formula is C16H27FN2. The molecule has 1 aromatic rings. The summed E-state index contributed by atoms with van der Waals surface area (Å²) in [4.78, 5) is 2.36. The number of halogens is 1. The van der Waals surface area contributed by atoms with Crippen molar-refractivity contribution in [2.45, 2.75) is 46.6 Å². The van der Waals surface area contributed by atoms with Crippen LogP contribution >= 0.6 is 0 Å². The highest BCUT2D eigenvalue weighted by molar-refractivity contribution is 5.53. The van der Waals surface area contributed by atoms with Gasteiger partial charge in [-0.15, -0.1) is 0 Å². The van der Waals surface area contributed by atoms with E-state index in [2.05, 4.69) is 31.0 Å². The molecule has 108 valence electrons. The minimum Gasteiger partial charge on any atom is -0.371 e. The van der Waals surface area contributed by atoms with Gasteiger partial charge in [0.15, 0.2) is 0 Å². The van der Waals surface area contributed by atoms with Crippen molar-refractivity contribution >= 4 is 5.69 Å². The maximum absolute atomic E-state index is 13.4. The highest BCUT2D eigenvalue weighted by Gasteiger charge is 2.10. The first-order valence-electron chi connectivity index (χ1n) is 7.47. The summed E-state index contributed by atoms with van der Waals surface area (Å²) in [5.41, 5.74) is 2.24. The van der Waals surface area contributed by atoms with Crippen LogP contribution in [0.2, 0.25) is 0 Å². The fourth-order valence-electron chi connectivity index (χ4n) is 2.30. The molecule has 0 aliphatic carbocycles. The third-order valence-electron chi connectivity index (χ3n) is 3.11. The normalized spacial score (nSPS) is 10.7. The smallest absolute Gasteiger partial charge is 0.123 e. The molecule has 19 heavy (non-hydrogen) atoms. The summed E-state index contributed by atoms with van der Waals surface area (Å²) in [6.07, 6.45) is 3.32. The topological polar surface area (TPSA) is 15.3 Å². The Hall–Kier alpha value is -1.09. The highest BCUT2D eigenvalue weighted by Crippen LogP contribution is 2.22. The van der Waals surface area contributed by atoms with Crippen molar-refractivity contribution in [2.24, 2.45) is 0 Å². The van der Waals surface area contributed by atoms with E-state index >= 15 is 0 Å². The molecule has 0 aliphatic heterocycles. The molecule has 0 unspecified atom stereocenters. The molecule has 0 heterocycles. The number of hydrogen-bond donors (Lipinski definition) is 1. The molecule has 0 bridgehead atoms. The number of nitrogens with zero attached hydrogens (tertiary/aromatic N) is 1. The Morgan fingerprint density at radius 3 is 2.32 bits per heavy atom. The van der Waals surface area contributed by atoms with Crippen molar-refractivity contribution in [2.75, 3.05) is 24.5 Å². The Morgan fingerprint density at radius 1 is 1.05 bits per heavy atom. The molecule has 0 atom stereocenters. The van der Waals surface area contributed by atoms with Gasteiger partial charge in [0, 0.05) is 25.3 Å². The number of nitrogens with one attached hydrogen (secondary N) is 1. The van der Waals surface area contributed by atoms with E-state index in [1.54, 1.807) is 12.1 Å². The molecule has 0 saturated carbocycles. The number of anilines is 1. The second-order valence-electron chi connectivity index (χ2n) is 4.94. The second kappa shape index (κ2) is 8.92. The van der Waals surface area contributed by atoms with E-state index in [9.17, 15) is 4.39 Å². The van der Waals surface area contributed by atoms with Crippen molar-refractivity contribution in [1.29, 1.82) is 0 Å². The van der Waals surface area contributed by atoms with E-state index in [0.717, 1.165) is 51.0 Å². The summed E-state index contributed by atoms with van der Waals surface area (Å²) in [7, 11) is 0. The van der Waals surface area contributed by atoms with Gasteiger partial charge in [-0.3, -0.25) is 0 Å². The SMILES string of the molecule is CCCNCc1cc(F)ccc1N(CCC)CCC. The van der Waals surface area contributed by atoms with Gasteiger partial charge in [0.1, 0.15) is 5.82 Å². The van der Waals surface area contributed by atoms with Crippen molar-refractivity contribution in [3.8, 4) is 0 Å². The molecule has 0 saturated heterocycles. The van der Waals surface area contributed by atoms with Gasteiger partial charge in [0.25, 0.3) is 0 Å². The lowest BCUT2D eigenvalue weighted by atomic mass is 10.1. The molecule has 1 rings (SSSR count). The average molecular weight is 266 g/mol. The van der Waals surface area contributed by atoms with Gasteiger partial charge in [0.2, 0.25) is 0 Å². The van der Waals surface area contributed by atoms with Crippen LogP contribution in [0.25, 0.3) is 0 Å². The summed E-state index contributed by atoms with van der Waals surface area (Å²) in [6, 6.07) is 5.15. The highest BCUT2D eigenvalue weighted by atomic mass is 19.1. The van der Waals surface area contributed by atoms with Crippen molar-refractivity contribution in [3.63, 3.8) is 0 Å². The first kappa shape index (κ1) is 16.0. The van der Waals surface area contributed by atoms with Gasteiger partial charge in [-0.25, -0.2) is 4.39 Å². The minimum absolute atomic E-state index is 0.148. The molecule has 3 heteroatoms. The van der Waals surface area contributed by atoms with Gasteiger partial charge in [-0.1, -0.05) is 20.8 Å². The predicted molar refractivity (Wildman–Crippen MR) is 81.2 cm³/mol. The lowest BCUT2D eigenvalue weighted by molar-refractivity contribution is 0.617. The second-order valence-corrected chi connectivity index (χ2v) is 4.94. The maximum atomic E-state index is 13.4. The summed E-state index contributed by atoms with van der Waals surface area (Å²) in [5.74, 6) is -0.148. The maximum Gasteiger partial charge on any atom is 0.123 e. The van der Waals surface area contributed by atoms with Crippen LogP contribution in [0.3, 0.4) is 0 Å². The van der Waals surface area contributed by atoms with Crippen molar-refractivity contribution in [1.82, 2.24) is 5.32 Å². The quantitative estimate of drug-likeness (QED) is 0.681. The summed E-state index contributed by atoms with van der Waals surface area (Å²) in [6.45, 7) is 10.3. The Labute approximate surface area is 117 Å². The zero-order chi connectivity index (χ0) is 14.1. The largest absolute Gasteiger partial charge is 0.371 e. The molecular weight excluding hydrogens is 239 g/mol. The number of hydrogen-bond acceptors (Lipinski definition) is 2. The Kier molecular flexibility index (Phi) is 7.49. The molecule has 1 aromatic carbocycles. The van der Waals surface area contributed by atoms with Crippen LogP contribution in [0.15, 0.2) is 18.2 Å². The molecule has 0 fully saturated rings.